The van der Waals surface area contributed by atoms with Crippen LogP contribution in [0.4, 0.5) is 0 Å². The minimum atomic E-state index is 1.02. The van der Waals surface area contributed by atoms with Crippen LogP contribution in [-0.2, 0) is 0 Å². The fourth-order valence-electron chi connectivity index (χ4n) is 1.61. The molecule has 1 saturated heterocycles. The van der Waals surface area contributed by atoms with Crippen LogP contribution in [0, 0.1) is 0 Å². The second kappa shape index (κ2) is 6.53. The van der Waals surface area contributed by atoms with Gasteiger partial charge in [0.15, 0.2) is 0 Å². The second-order valence-electron chi connectivity index (χ2n) is 4.05. The fourth-order valence-corrected chi connectivity index (χ4v) is 1.61. The molecule has 0 spiro atoms. The van der Waals surface area contributed by atoms with Crippen LogP contribution in [-0.4, -0.2) is 56.3 Å². The first-order chi connectivity index (χ1) is 7.22. The fraction of sp³-hybridized carbons (Fsp3) is 0.583. The molecule has 0 aromatic carbocycles. The van der Waals surface area contributed by atoms with Crippen molar-refractivity contribution in [3.8, 4) is 0 Å². The lowest BCUT2D eigenvalue weighted by atomic mass is 10.2. The van der Waals surface area contributed by atoms with Gasteiger partial charge in [0.1, 0.15) is 0 Å². The van der Waals surface area contributed by atoms with Crippen LogP contribution in [0.15, 0.2) is 29.4 Å². The lowest BCUT2D eigenvalue weighted by Gasteiger charge is -2.32. The molecule has 1 aliphatic rings. The van der Waals surface area contributed by atoms with Crippen LogP contribution >= 0.6 is 0 Å². The highest BCUT2D eigenvalue weighted by atomic mass is 15.2. The molecule has 0 bridgehead atoms. The molecule has 0 saturated carbocycles. The number of aliphatic imine (C=N–C) groups is 1. The van der Waals surface area contributed by atoms with E-state index in [1.807, 2.05) is 6.08 Å². The quantitative estimate of drug-likeness (QED) is 0.501. The summed E-state index contributed by atoms with van der Waals surface area (Å²) in [4.78, 5) is 8.52. The molecule has 84 valence electrons. The average molecular weight is 207 g/mol. The van der Waals surface area contributed by atoms with Gasteiger partial charge in [-0.05, 0) is 26.3 Å². The van der Waals surface area contributed by atoms with Gasteiger partial charge in [-0.2, -0.15) is 0 Å². The highest BCUT2D eigenvalue weighted by Crippen LogP contribution is 2.05. The molecule has 0 unspecified atom stereocenters. The largest absolute Gasteiger partial charge is 0.304 e. The van der Waals surface area contributed by atoms with Crippen LogP contribution in [0.2, 0.25) is 0 Å². The summed E-state index contributed by atoms with van der Waals surface area (Å²) in [5.74, 6) is 0. The summed E-state index contributed by atoms with van der Waals surface area (Å²) in [7, 11) is 2.18. The lowest BCUT2D eigenvalue weighted by Crippen LogP contribution is -2.44. The predicted molar refractivity (Wildman–Crippen MR) is 66.4 cm³/mol. The summed E-state index contributed by atoms with van der Waals surface area (Å²) in [5.41, 5.74) is 1.13. The Labute approximate surface area is 92.8 Å². The topological polar surface area (TPSA) is 18.8 Å². The van der Waals surface area contributed by atoms with E-state index in [1.165, 1.54) is 26.2 Å². The molecular formula is C12H21N3. The molecular weight excluding hydrogens is 186 g/mol. The maximum Gasteiger partial charge on any atom is 0.0263 e. The van der Waals surface area contributed by atoms with E-state index in [0.717, 1.165) is 18.5 Å². The van der Waals surface area contributed by atoms with E-state index in [1.54, 1.807) is 6.20 Å². The SMILES string of the molecule is C=N/C=C\C(=C)CCN1CCN(C)CC1. The maximum atomic E-state index is 3.98. The molecule has 0 atom stereocenters. The van der Waals surface area contributed by atoms with E-state index in [0.29, 0.717) is 0 Å². The van der Waals surface area contributed by atoms with Gasteiger partial charge in [0.05, 0.1) is 0 Å². The molecule has 1 fully saturated rings. The smallest absolute Gasteiger partial charge is 0.0263 e. The number of hydrogen-bond acceptors (Lipinski definition) is 3. The third-order valence-electron chi connectivity index (χ3n) is 2.76. The Morgan fingerprint density at radius 1 is 1.33 bits per heavy atom. The van der Waals surface area contributed by atoms with Crippen molar-refractivity contribution in [1.29, 1.82) is 0 Å². The average Bonchev–Trinajstić information content (AvgIpc) is 2.25. The zero-order valence-electron chi connectivity index (χ0n) is 9.65. The minimum absolute atomic E-state index is 1.02. The maximum absolute atomic E-state index is 3.98. The van der Waals surface area contributed by atoms with Crippen molar-refractivity contribution in [2.45, 2.75) is 6.42 Å². The third kappa shape index (κ3) is 4.91. The first-order valence-corrected chi connectivity index (χ1v) is 5.43. The van der Waals surface area contributed by atoms with Gasteiger partial charge in [-0.3, -0.25) is 4.99 Å². The molecule has 1 heterocycles. The van der Waals surface area contributed by atoms with Crippen LogP contribution in [0.25, 0.3) is 0 Å². The van der Waals surface area contributed by atoms with Gasteiger partial charge in [0.2, 0.25) is 0 Å². The summed E-state index contributed by atoms with van der Waals surface area (Å²) < 4.78 is 0. The summed E-state index contributed by atoms with van der Waals surface area (Å²) in [6.45, 7) is 13.2. The monoisotopic (exact) mass is 207 g/mol. The Kier molecular flexibility index (Phi) is 5.29. The van der Waals surface area contributed by atoms with Crippen molar-refractivity contribution >= 4 is 6.72 Å². The number of nitrogens with zero attached hydrogens (tertiary/aromatic N) is 3. The van der Waals surface area contributed by atoms with E-state index < -0.39 is 0 Å². The summed E-state index contributed by atoms with van der Waals surface area (Å²) in [6, 6.07) is 0. The summed E-state index contributed by atoms with van der Waals surface area (Å²) in [6.07, 6.45) is 4.66. The van der Waals surface area contributed by atoms with Crippen molar-refractivity contribution in [2.75, 3.05) is 39.8 Å². The third-order valence-corrected chi connectivity index (χ3v) is 2.76. The number of rotatable bonds is 5. The first kappa shape index (κ1) is 12.1. The van der Waals surface area contributed by atoms with Crippen LogP contribution in [0.5, 0.6) is 0 Å². The van der Waals surface area contributed by atoms with Crippen molar-refractivity contribution in [1.82, 2.24) is 9.80 Å². The Hall–Kier alpha value is -0.930. The Morgan fingerprint density at radius 3 is 2.60 bits per heavy atom. The molecule has 0 N–H and O–H groups in total. The van der Waals surface area contributed by atoms with Crippen LogP contribution < -0.4 is 0 Å². The Morgan fingerprint density at radius 2 is 2.00 bits per heavy atom. The highest BCUT2D eigenvalue weighted by Gasteiger charge is 2.12. The van der Waals surface area contributed by atoms with E-state index in [-0.39, 0.29) is 0 Å². The van der Waals surface area contributed by atoms with E-state index in [2.05, 4.69) is 35.1 Å². The van der Waals surface area contributed by atoms with E-state index in [4.69, 9.17) is 0 Å². The van der Waals surface area contributed by atoms with Crippen molar-refractivity contribution in [3.05, 3.63) is 24.4 Å². The molecule has 0 aromatic rings. The molecule has 0 aliphatic carbocycles. The molecule has 15 heavy (non-hydrogen) atoms. The molecule has 1 aliphatic heterocycles. The predicted octanol–water partition coefficient (Wildman–Crippen LogP) is 1.39. The number of piperazine rings is 1. The first-order valence-electron chi connectivity index (χ1n) is 5.43. The molecule has 0 radical (unpaired) electrons. The lowest BCUT2D eigenvalue weighted by molar-refractivity contribution is 0.156. The molecule has 0 amide bonds. The summed E-state index contributed by atoms with van der Waals surface area (Å²) >= 11 is 0. The molecule has 3 nitrogen and oxygen atoms in total. The van der Waals surface area contributed by atoms with Gasteiger partial charge in [0, 0.05) is 38.9 Å². The molecule has 3 heteroatoms. The van der Waals surface area contributed by atoms with Crippen molar-refractivity contribution < 1.29 is 0 Å². The van der Waals surface area contributed by atoms with E-state index >= 15 is 0 Å². The Balaban J connectivity index is 2.17. The summed E-state index contributed by atoms with van der Waals surface area (Å²) in [5, 5.41) is 0. The van der Waals surface area contributed by atoms with Crippen LogP contribution in [0.3, 0.4) is 0 Å². The molecule has 1 rings (SSSR count). The standard InChI is InChI=1S/C12H21N3/c1-12(4-6-13-2)5-7-15-10-8-14(3)9-11-15/h4,6H,1-2,5,7-11H2,3H3/b6-4-. The van der Waals surface area contributed by atoms with Crippen molar-refractivity contribution in [2.24, 2.45) is 4.99 Å². The van der Waals surface area contributed by atoms with Gasteiger partial charge >= 0.3 is 0 Å². The van der Waals surface area contributed by atoms with Gasteiger partial charge in [-0.15, -0.1) is 0 Å². The van der Waals surface area contributed by atoms with Gasteiger partial charge in [-0.25, -0.2) is 0 Å². The highest BCUT2D eigenvalue weighted by molar-refractivity contribution is 5.27. The zero-order chi connectivity index (χ0) is 11.1. The van der Waals surface area contributed by atoms with Gasteiger partial charge in [0.25, 0.3) is 0 Å². The van der Waals surface area contributed by atoms with Gasteiger partial charge in [-0.1, -0.05) is 12.2 Å². The minimum Gasteiger partial charge on any atom is -0.304 e. The molecule has 0 aromatic heterocycles. The number of likely N-dealkylation sites (N-methyl/N-ethyl adjacent to an activating group) is 1. The van der Waals surface area contributed by atoms with Crippen LogP contribution in [0.1, 0.15) is 6.42 Å². The number of hydrogen-bond donors (Lipinski definition) is 0. The zero-order valence-corrected chi connectivity index (χ0v) is 9.65. The van der Waals surface area contributed by atoms with Gasteiger partial charge < -0.3 is 9.80 Å². The number of allylic oxidation sites excluding steroid dienone is 1. The Bertz CT molecular complexity index is 237. The van der Waals surface area contributed by atoms with E-state index in [9.17, 15) is 0 Å². The second-order valence-corrected chi connectivity index (χ2v) is 4.05. The van der Waals surface area contributed by atoms with Crippen molar-refractivity contribution in [3.63, 3.8) is 0 Å². The normalized spacial score (nSPS) is 19.5.